The molecule has 0 radical (unpaired) electrons. The van der Waals surface area contributed by atoms with Crippen molar-refractivity contribution in [2.24, 2.45) is 10.1 Å². The topological polar surface area (TPSA) is 55.1 Å². The molecule has 0 spiro atoms. The third kappa shape index (κ3) is 2.87. The highest BCUT2D eigenvalue weighted by Crippen LogP contribution is 2.21. The van der Waals surface area contributed by atoms with Crippen LogP contribution >= 0.6 is 0 Å². The number of nitrogens with one attached hydrogen (secondary N) is 1. The monoisotopic (exact) mass is 271 g/mol. The molecule has 0 atom stereocenters. The Morgan fingerprint density at radius 3 is 2.20 bits per heavy atom. The van der Waals surface area contributed by atoms with Gasteiger partial charge in [-0.05, 0) is 45.0 Å². The first-order valence-electron chi connectivity index (χ1n) is 6.58. The predicted octanol–water partition coefficient (Wildman–Crippen LogP) is 2.90. The Morgan fingerprint density at radius 1 is 1.15 bits per heavy atom. The van der Waals surface area contributed by atoms with Crippen molar-refractivity contribution in [2.75, 3.05) is 19.0 Å². The first-order valence-corrected chi connectivity index (χ1v) is 6.58. The van der Waals surface area contributed by atoms with Crippen molar-refractivity contribution in [2.45, 2.75) is 26.3 Å². The van der Waals surface area contributed by atoms with Gasteiger partial charge in [-0.3, -0.25) is 5.41 Å². The molecule has 0 bridgehead atoms. The SMILES string of the molecule is CN(C)c1ccc(N=C2C=NN(C(C)(C)C)C2=N)cc1. The summed E-state index contributed by atoms with van der Waals surface area (Å²) in [6, 6.07) is 7.92. The number of anilines is 1. The van der Waals surface area contributed by atoms with E-state index in [2.05, 4.69) is 10.1 Å². The van der Waals surface area contributed by atoms with Gasteiger partial charge in [0.2, 0.25) is 0 Å². The molecular weight excluding hydrogens is 250 g/mol. The number of hydrogen-bond acceptors (Lipinski definition) is 4. The number of nitrogens with zero attached hydrogens (tertiary/aromatic N) is 4. The molecule has 5 heteroatoms. The Balaban J connectivity index is 2.21. The van der Waals surface area contributed by atoms with Crippen LogP contribution in [0.25, 0.3) is 0 Å². The summed E-state index contributed by atoms with van der Waals surface area (Å²) >= 11 is 0. The van der Waals surface area contributed by atoms with Gasteiger partial charge in [0.15, 0.2) is 5.84 Å². The molecule has 0 saturated carbocycles. The standard InChI is InChI=1S/C15H21N5/c1-15(2,3)20-14(16)13(10-17-20)18-11-6-8-12(9-7-11)19(4)5/h6-10,16H,1-5H3. The molecule has 1 aromatic carbocycles. The Kier molecular flexibility index (Phi) is 3.61. The summed E-state index contributed by atoms with van der Waals surface area (Å²) in [5.41, 5.74) is 2.34. The minimum Gasteiger partial charge on any atom is -0.378 e. The summed E-state index contributed by atoms with van der Waals surface area (Å²) in [6.07, 6.45) is 1.65. The van der Waals surface area contributed by atoms with E-state index in [-0.39, 0.29) is 5.54 Å². The van der Waals surface area contributed by atoms with Gasteiger partial charge in [0.05, 0.1) is 17.4 Å². The second-order valence-corrected chi connectivity index (χ2v) is 5.98. The normalized spacial score (nSPS) is 17.1. The fourth-order valence-electron chi connectivity index (χ4n) is 1.89. The van der Waals surface area contributed by atoms with Gasteiger partial charge in [-0.2, -0.15) is 5.10 Å². The lowest BCUT2D eigenvalue weighted by Crippen LogP contribution is -2.40. The van der Waals surface area contributed by atoms with Crippen molar-refractivity contribution in [3.05, 3.63) is 24.3 Å². The van der Waals surface area contributed by atoms with Crippen molar-refractivity contribution in [1.82, 2.24) is 5.01 Å². The van der Waals surface area contributed by atoms with Crippen LogP contribution in [0.2, 0.25) is 0 Å². The third-order valence-electron chi connectivity index (χ3n) is 3.00. The molecule has 0 fully saturated rings. The average molecular weight is 271 g/mol. The van der Waals surface area contributed by atoms with Crippen molar-refractivity contribution >= 4 is 29.1 Å². The molecule has 106 valence electrons. The summed E-state index contributed by atoms with van der Waals surface area (Å²) in [7, 11) is 4.00. The fourth-order valence-corrected chi connectivity index (χ4v) is 1.89. The summed E-state index contributed by atoms with van der Waals surface area (Å²) in [6.45, 7) is 6.06. The zero-order valence-electron chi connectivity index (χ0n) is 12.7. The fraction of sp³-hybridized carbons (Fsp3) is 0.400. The van der Waals surface area contributed by atoms with E-state index in [1.807, 2.05) is 64.0 Å². The van der Waals surface area contributed by atoms with Crippen molar-refractivity contribution in [3.63, 3.8) is 0 Å². The van der Waals surface area contributed by atoms with Crippen LogP contribution in [0.3, 0.4) is 0 Å². The van der Waals surface area contributed by atoms with Crippen LogP contribution < -0.4 is 4.90 Å². The third-order valence-corrected chi connectivity index (χ3v) is 3.00. The van der Waals surface area contributed by atoms with Gasteiger partial charge in [0, 0.05) is 19.8 Å². The molecular formula is C15H21N5. The molecule has 2 rings (SSSR count). The lowest BCUT2D eigenvalue weighted by molar-refractivity contribution is 0.253. The number of amidine groups is 1. The maximum absolute atomic E-state index is 8.14. The molecule has 1 aromatic rings. The van der Waals surface area contributed by atoms with Crippen molar-refractivity contribution in [3.8, 4) is 0 Å². The van der Waals surface area contributed by atoms with Gasteiger partial charge < -0.3 is 4.90 Å². The molecule has 1 aliphatic heterocycles. The highest BCUT2D eigenvalue weighted by atomic mass is 15.5. The highest BCUT2D eigenvalue weighted by molar-refractivity contribution is 6.63. The van der Waals surface area contributed by atoms with E-state index in [0.717, 1.165) is 11.4 Å². The number of hydrazone groups is 1. The van der Waals surface area contributed by atoms with Gasteiger partial charge in [-0.25, -0.2) is 10.0 Å². The van der Waals surface area contributed by atoms with Gasteiger partial charge >= 0.3 is 0 Å². The largest absolute Gasteiger partial charge is 0.378 e. The second-order valence-electron chi connectivity index (χ2n) is 5.98. The molecule has 1 N–H and O–H groups in total. The summed E-state index contributed by atoms with van der Waals surface area (Å²) in [5.74, 6) is 0.342. The predicted molar refractivity (Wildman–Crippen MR) is 85.7 cm³/mol. The first-order chi connectivity index (χ1) is 9.29. The zero-order chi connectivity index (χ0) is 14.9. The molecule has 0 aromatic heterocycles. The van der Waals surface area contributed by atoms with Gasteiger partial charge in [-0.1, -0.05) is 0 Å². The molecule has 5 nitrogen and oxygen atoms in total. The summed E-state index contributed by atoms with van der Waals surface area (Å²) < 4.78 is 0. The minimum atomic E-state index is -0.209. The van der Waals surface area contributed by atoms with Gasteiger partial charge in [0.1, 0.15) is 5.71 Å². The molecule has 0 unspecified atom stereocenters. The number of rotatable bonds is 2. The summed E-state index contributed by atoms with van der Waals surface area (Å²) in [4.78, 5) is 6.52. The van der Waals surface area contributed by atoms with E-state index in [1.54, 1.807) is 11.2 Å². The summed E-state index contributed by atoms with van der Waals surface area (Å²) in [5, 5.41) is 14.1. The molecule has 1 heterocycles. The first kappa shape index (κ1) is 14.2. The van der Waals surface area contributed by atoms with Crippen LogP contribution in [0.4, 0.5) is 11.4 Å². The lowest BCUT2D eigenvalue weighted by atomic mass is 10.1. The zero-order valence-corrected chi connectivity index (χ0v) is 12.7. The van der Waals surface area contributed by atoms with Crippen molar-refractivity contribution in [1.29, 1.82) is 5.41 Å². The highest BCUT2D eigenvalue weighted by Gasteiger charge is 2.30. The second kappa shape index (κ2) is 5.07. The van der Waals surface area contributed by atoms with Crippen LogP contribution in [0.15, 0.2) is 34.4 Å². The van der Waals surface area contributed by atoms with E-state index < -0.39 is 0 Å². The smallest absolute Gasteiger partial charge is 0.169 e. The molecule has 0 amide bonds. The maximum Gasteiger partial charge on any atom is 0.169 e. The van der Waals surface area contributed by atoms with Crippen LogP contribution in [0.1, 0.15) is 20.8 Å². The Hall–Kier alpha value is -2.17. The minimum absolute atomic E-state index is 0.209. The van der Waals surface area contributed by atoms with E-state index in [1.165, 1.54) is 0 Å². The Bertz CT molecular complexity index is 561. The average Bonchev–Trinajstić information content (AvgIpc) is 2.71. The van der Waals surface area contributed by atoms with E-state index in [0.29, 0.717) is 11.5 Å². The Labute approximate surface area is 120 Å². The molecule has 1 aliphatic rings. The van der Waals surface area contributed by atoms with Crippen LogP contribution in [0.5, 0.6) is 0 Å². The van der Waals surface area contributed by atoms with Crippen LogP contribution in [-0.2, 0) is 0 Å². The molecule has 0 aliphatic carbocycles. The molecule has 20 heavy (non-hydrogen) atoms. The van der Waals surface area contributed by atoms with E-state index >= 15 is 0 Å². The number of benzene rings is 1. The number of hydrogen-bond donors (Lipinski definition) is 1. The van der Waals surface area contributed by atoms with E-state index in [9.17, 15) is 0 Å². The lowest BCUT2D eigenvalue weighted by Gasteiger charge is -2.29. The van der Waals surface area contributed by atoms with Crippen molar-refractivity contribution < 1.29 is 0 Å². The molecule has 0 saturated heterocycles. The Morgan fingerprint density at radius 2 is 1.75 bits per heavy atom. The quantitative estimate of drug-likeness (QED) is 0.899. The maximum atomic E-state index is 8.14. The van der Waals surface area contributed by atoms with Gasteiger partial charge in [-0.15, -0.1) is 0 Å². The number of aliphatic imine (C=N–C) groups is 1. The van der Waals surface area contributed by atoms with Crippen LogP contribution in [-0.4, -0.2) is 42.4 Å². The van der Waals surface area contributed by atoms with Gasteiger partial charge in [0.25, 0.3) is 0 Å². The van der Waals surface area contributed by atoms with E-state index in [4.69, 9.17) is 5.41 Å². The van der Waals surface area contributed by atoms with Crippen LogP contribution in [0, 0.1) is 5.41 Å².